The van der Waals surface area contributed by atoms with Gasteiger partial charge in [-0.15, -0.1) is 0 Å². The molecule has 2 heterocycles. The molecule has 0 unspecified atom stereocenters. The third kappa shape index (κ3) is 5.53. The highest BCUT2D eigenvalue weighted by molar-refractivity contribution is 5.81. The van der Waals surface area contributed by atoms with Crippen molar-refractivity contribution in [3.05, 3.63) is 30.1 Å². The molecule has 0 aromatic carbocycles. The Balaban J connectivity index is 1.43. The van der Waals surface area contributed by atoms with Gasteiger partial charge in [0.25, 0.3) is 0 Å². The molecule has 1 aliphatic carbocycles. The van der Waals surface area contributed by atoms with Gasteiger partial charge in [-0.2, -0.15) is 0 Å². The fourth-order valence-electron chi connectivity index (χ4n) is 4.40. The van der Waals surface area contributed by atoms with Gasteiger partial charge in [0, 0.05) is 50.9 Å². The van der Waals surface area contributed by atoms with Crippen LogP contribution in [0, 0.1) is 11.8 Å². The van der Waals surface area contributed by atoms with Gasteiger partial charge in [0.2, 0.25) is 11.8 Å². The summed E-state index contributed by atoms with van der Waals surface area (Å²) in [6, 6.07) is 4.00. The Bertz CT molecular complexity index is 603. The molecule has 148 valence electrons. The number of likely N-dealkylation sites (tertiary alicyclic amines) is 1. The summed E-state index contributed by atoms with van der Waals surface area (Å²) in [4.78, 5) is 33.5. The van der Waals surface area contributed by atoms with Crippen molar-refractivity contribution in [2.45, 2.75) is 57.8 Å². The molecule has 2 aliphatic rings. The Hall–Kier alpha value is -1.91. The molecule has 1 aromatic rings. The monoisotopic (exact) mass is 371 g/mol. The van der Waals surface area contributed by atoms with Crippen molar-refractivity contribution in [1.82, 2.24) is 14.8 Å². The largest absolute Gasteiger partial charge is 0.345 e. The molecule has 0 atom stereocenters. The molecule has 5 nitrogen and oxygen atoms in total. The zero-order chi connectivity index (χ0) is 19.1. The van der Waals surface area contributed by atoms with E-state index in [9.17, 15) is 9.59 Å². The zero-order valence-electron chi connectivity index (χ0n) is 16.6. The maximum atomic E-state index is 12.8. The van der Waals surface area contributed by atoms with Gasteiger partial charge in [-0.25, -0.2) is 0 Å². The smallest absolute Gasteiger partial charge is 0.225 e. The average Bonchev–Trinajstić information content (AvgIpc) is 3.01. The fourth-order valence-corrected chi connectivity index (χ4v) is 4.40. The lowest BCUT2D eigenvalue weighted by atomic mass is 9.80. The van der Waals surface area contributed by atoms with E-state index < -0.39 is 0 Å². The second-order valence-corrected chi connectivity index (χ2v) is 8.15. The Morgan fingerprint density at radius 2 is 1.59 bits per heavy atom. The molecular formula is C22H33N3O2. The SMILES string of the molecule is CN(CCc1ccncc1)C(=O)C1CCC(C(=O)N2CCCCCC2)CC1. The first kappa shape index (κ1) is 19.8. The standard InChI is InChI=1S/C22H33N3O2/c1-24(17-12-18-10-13-23-14-11-18)21(26)19-6-8-20(9-7-19)22(27)25-15-4-2-3-5-16-25/h10-11,13-14,19-20H,2-9,12,15-17H2,1H3. The van der Waals surface area contributed by atoms with Crippen LogP contribution in [0.1, 0.15) is 56.9 Å². The minimum absolute atomic E-state index is 0.0839. The van der Waals surface area contributed by atoms with Crippen molar-refractivity contribution in [2.24, 2.45) is 11.8 Å². The Labute approximate surface area is 163 Å². The predicted octanol–water partition coefficient (Wildman–Crippen LogP) is 3.29. The summed E-state index contributed by atoms with van der Waals surface area (Å²) in [7, 11) is 1.90. The number of likely N-dealkylation sites (N-methyl/N-ethyl adjacent to an activating group) is 1. The van der Waals surface area contributed by atoms with E-state index in [1.165, 1.54) is 18.4 Å². The molecule has 0 bridgehead atoms. The molecule has 5 heteroatoms. The normalized spacial score (nSPS) is 23.5. The summed E-state index contributed by atoms with van der Waals surface area (Å²) in [5.74, 6) is 0.800. The van der Waals surface area contributed by atoms with E-state index in [1.807, 2.05) is 24.1 Å². The lowest BCUT2D eigenvalue weighted by Crippen LogP contribution is -2.41. The summed E-state index contributed by atoms with van der Waals surface area (Å²) in [5.41, 5.74) is 1.21. The second kappa shape index (κ2) is 9.86. The van der Waals surface area contributed by atoms with E-state index in [-0.39, 0.29) is 17.7 Å². The van der Waals surface area contributed by atoms with Gasteiger partial charge in [-0.1, -0.05) is 12.8 Å². The molecule has 0 radical (unpaired) electrons. The number of hydrogen-bond acceptors (Lipinski definition) is 3. The van der Waals surface area contributed by atoms with Crippen molar-refractivity contribution in [1.29, 1.82) is 0 Å². The van der Waals surface area contributed by atoms with Crippen molar-refractivity contribution in [2.75, 3.05) is 26.7 Å². The highest BCUT2D eigenvalue weighted by Crippen LogP contribution is 2.31. The number of carbonyl (C=O) groups is 2. The Kier molecular flexibility index (Phi) is 7.25. The first-order valence-electron chi connectivity index (χ1n) is 10.6. The van der Waals surface area contributed by atoms with Crippen LogP contribution < -0.4 is 0 Å². The molecule has 1 saturated heterocycles. The van der Waals surface area contributed by atoms with Crippen LogP contribution in [0.15, 0.2) is 24.5 Å². The number of carbonyl (C=O) groups excluding carboxylic acids is 2. The number of nitrogens with zero attached hydrogens (tertiary/aromatic N) is 3. The molecule has 1 aromatic heterocycles. The minimum atomic E-state index is 0.0839. The molecule has 3 rings (SSSR count). The van der Waals surface area contributed by atoms with Gasteiger partial charge in [-0.3, -0.25) is 14.6 Å². The van der Waals surface area contributed by atoms with Crippen LogP contribution in [0.4, 0.5) is 0 Å². The molecule has 1 saturated carbocycles. The van der Waals surface area contributed by atoms with E-state index in [4.69, 9.17) is 0 Å². The number of amides is 2. The van der Waals surface area contributed by atoms with Crippen LogP contribution in [0.2, 0.25) is 0 Å². The highest BCUT2D eigenvalue weighted by Gasteiger charge is 2.33. The van der Waals surface area contributed by atoms with E-state index in [0.29, 0.717) is 5.91 Å². The number of aromatic nitrogens is 1. The lowest BCUT2D eigenvalue weighted by molar-refractivity contribution is -0.140. The molecule has 0 spiro atoms. The van der Waals surface area contributed by atoms with Crippen LogP contribution in [-0.4, -0.2) is 53.3 Å². The molecular weight excluding hydrogens is 338 g/mol. The van der Waals surface area contributed by atoms with Gasteiger partial charge >= 0.3 is 0 Å². The summed E-state index contributed by atoms with van der Waals surface area (Å²) in [5, 5.41) is 0. The molecule has 1 aliphatic heterocycles. The summed E-state index contributed by atoms with van der Waals surface area (Å²) in [6.45, 7) is 2.58. The van der Waals surface area contributed by atoms with E-state index in [1.54, 1.807) is 12.4 Å². The molecule has 2 fully saturated rings. The van der Waals surface area contributed by atoms with Gasteiger partial charge in [0.1, 0.15) is 0 Å². The van der Waals surface area contributed by atoms with Crippen LogP contribution in [0.25, 0.3) is 0 Å². The van der Waals surface area contributed by atoms with Crippen LogP contribution in [0.5, 0.6) is 0 Å². The lowest BCUT2D eigenvalue weighted by Gasteiger charge is -2.32. The number of pyridine rings is 1. The minimum Gasteiger partial charge on any atom is -0.345 e. The van der Waals surface area contributed by atoms with Gasteiger partial charge in [0.05, 0.1) is 0 Å². The number of hydrogen-bond donors (Lipinski definition) is 0. The zero-order valence-corrected chi connectivity index (χ0v) is 16.6. The first-order valence-corrected chi connectivity index (χ1v) is 10.6. The highest BCUT2D eigenvalue weighted by atomic mass is 16.2. The van der Waals surface area contributed by atoms with Crippen LogP contribution >= 0.6 is 0 Å². The van der Waals surface area contributed by atoms with Crippen molar-refractivity contribution < 1.29 is 9.59 Å². The van der Waals surface area contributed by atoms with Gasteiger partial charge in [-0.05, 0) is 62.6 Å². The third-order valence-electron chi connectivity index (χ3n) is 6.20. The van der Waals surface area contributed by atoms with E-state index in [0.717, 1.165) is 64.6 Å². The van der Waals surface area contributed by atoms with Crippen molar-refractivity contribution in [3.8, 4) is 0 Å². The molecule has 0 N–H and O–H groups in total. The van der Waals surface area contributed by atoms with Crippen molar-refractivity contribution in [3.63, 3.8) is 0 Å². The van der Waals surface area contributed by atoms with E-state index >= 15 is 0 Å². The maximum Gasteiger partial charge on any atom is 0.225 e. The third-order valence-corrected chi connectivity index (χ3v) is 6.20. The summed E-state index contributed by atoms with van der Waals surface area (Å²) in [6.07, 6.45) is 12.6. The molecule has 2 amide bonds. The maximum absolute atomic E-state index is 12.8. The summed E-state index contributed by atoms with van der Waals surface area (Å²) < 4.78 is 0. The Morgan fingerprint density at radius 3 is 2.22 bits per heavy atom. The average molecular weight is 372 g/mol. The number of rotatable bonds is 5. The second-order valence-electron chi connectivity index (χ2n) is 8.15. The van der Waals surface area contributed by atoms with Gasteiger partial charge in [0.15, 0.2) is 0 Å². The molecule has 27 heavy (non-hydrogen) atoms. The quantitative estimate of drug-likeness (QED) is 0.798. The summed E-state index contributed by atoms with van der Waals surface area (Å²) >= 11 is 0. The van der Waals surface area contributed by atoms with Crippen LogP contribution in [0.3, 0.4) is 0 Å². The van der Waals surface area contributed by atoms with Crippen molar-refractivity contribution >= 4 is 11.8 Å². The predicted molar refractivity (Wildman–Crippen MR) is 106 cm³/mol. The first-order chi connectivity index (χ1) is 13.1. The topological polar surface area (TPSA) is 53.5 Å². The fraction of sp³-hybridized carbons (Fsp3) is 0.682. The van der Waals surface area contributed by atoms with Gasteiger partial charge < -0.3 is 9.80 Å². The Morgan fingerprint density at radius 1 is 1.00 bits per heavy atom. The van der Waals surface area contributed by atoms with E-state index in [2.05, 4.69) is 9.88 Å². The van der Waals surface area contributed by atoms with Crippen LogP contribution in [-0.2, 0) is 16.0 Å².